The van der Waals surface area contributed by atoms with E-state index in [4.69, 9.17) is 9.47 Å². The standard InChI is InChI=1S/C21H24BrNO4/c1-3-27-21(25)15-5-4-10-23(13-15)20(24)12-18-17-8-7-16(22)11-14(17)6-9-19(18)26-2/h6-9,11,15H,3-5,10,12-13H2,1-2H3. The summed E-state index contributed by atoms with van der Waals surface area (Å²) in [5.41, 5.74) is 0.880. The Morgan fingerprint density at radius 2 is 2.07 bits per heavy atom. The third-order valence-electron chi connectivity index (χ3n) is 4.99. The van der Waals surface area contributed by atoms with E-state index < -0.39 is 0 Å². The highest BCUT2D eigenvalue weighted by Gasteiger charge is 2.29. The Bertz CT molecular complexity index is 851. The highest BCUT2D eigenvalue weighted by atomic mass is 79.9. The maximum Gasteiger partial charge on any atom is 0.310 e. The van der Waals surface area contributed by atoms with E-state index in [0.29, 0.717) is 25.4 Å². The van der Waals surface area contributed by atoms with E-state index in [2.05, 4.69) is 15.9 Å². The van der Waals surface area contributed by atoms with Crippen LogP contribution in [0.25, 0.3) is 10.8 Å². The van der Waals surface area contributed by atoms with Gasteiger partial charge in [0, 0.05) is 23.1 Å². The summed E-state index contributed by atoms with van der Waals surface area (Å²) < 4.78 is 11.6. The average molecular weight is 434 g/mol. The van der Waals surface area contributed by atoms with Crippen LogP contribution in [0.15, 0.2) is 34.8 Å². The van der Waals surface area contributed by atoms with Crippen LogP contribution in [0, 0.1) is 5.92 Å². The lowest BCUT2D eigenvalue weighted by atomic mass is 9.96. The van der Waals surface area contributed by atoms with Crippen molar-refractivity contribution in [2.45, 2.75) is 26.2 Å². The molecule has 1 heterocycles. The van der Waals surface area contributed by atoms with Crippen molar-refractivity contribution in [2.75, 3.05) is 26.8 Å². The number of methoxy groups -OCH3 is 1. The maximum absolute atomic E-state index is 13.0. The van der Waals surface area contributed by atoms with E-state index in [0.717, 1.165) is 33.7 Å². The molecule has 0 aliphatic carbocycles. The quantitative estimate of drug-likeness (QED) is 0.669. The van der Waals surface area contributed by atoms with Crippen LogP contribution in [0.5, 0.6) is 5.75 Å². The van der Waals surface area contributed by atoms with Crippen LogP contribution in [0.4, 0.5) is 0 Å². The number of likely N-dealkylation sites (tertiary alicyclic amines) is 1. The van der Waals surface area contributed by atoms with Gasteiger partial charge >= 0.3 is 5.97 Å². The van der Waals surface area contributed by atoms with Gasteiger partial charge in [-0.1, -0.05) is 28.1 Å². The predicted octanol–water partition coefficient (Wildman–Crippen LogP) is 3.96. The molecule has 0 spiro atoms. The largest absolute Gasteiger partial charge is 0.496 e. The van der Waals surface area contributed by atoms with Crippen molar-refractivity contribution in [3.8, 4) is 5.75 Å². The van der Waals surface area contributed by atoms with Crippen molar-refractivity contribution in [3.63, 3.8) is 0 Å². The van der Waals surface area contributed by atoms with Crippen LogP contribution in [-0.2, 0) is 20.7 Å². The number of halogens is 1. The van der Waals surface area contributed by atoms with Gasteiger partial charge in [-0.15, -0.1) is 0 Å². The molecule has 0 N–H and O–H groups in total. The Morgan fingerprint density at radius 3 is 2.81 bits per heavy atom. The smallest absolute Gasteiger partial charge is 0.310 e. The Hall–Kier alpha value is -2.08. The Kier molecular flexibility index (Phi) is 6.37. The molecule has 27 heavy (non-hydrogen) atoms. The fraction of sp³-hybridized carbons (Fsp3) is 0.429. The van der Waals surface area contributed by atoms with Crippen LogP contribution >= 0.6 is 15.9 Å². The van der Waals surface area contributed by atoms with Crippen molar-refractivity contribution in [1.29, 1.82) is 0 Å². The molecular formula is C21H24BrNO4. The van der Waals surface area contributed by atoms with Gasteiger partial charge in [0.25, 0.3) is 0 Å². The van der Waals surface area contributed by atoms with Gasteiger partial charge in [-0.2, -0.15) is 0 Å². The maximum atomic E-state index is 13.0. The lowest BCUT2D eigenvalue weighted by Gasteiger charge is -2.31. The monoisotopic (exact) mass is 433 g/mol. The molecule has 144 valence electrons. The number of benzene rings is 2. The molecule has 1 fully saturated rings. The number of carbonyl (C=O) groups excluding carboxylic acids is 2. The molecule has 1 unspecified atom stereocenters. The molecule has 1 amide bonds. The Morgan fingerprint density at radius 1 is 1.26 bits per heavy atom. The number of carbonyl (C=O) groups is 2. The highest BCUT2D eigenvalue weighted by Crippen LogP contribution is 2.31. The average Bonchev–Trinajstić information content (AvgIpc) is 2.68. The van der Waals surface area contributed by atoms with Gasteiger partial charge in [-0.05, 0) is 48.7 Å². The van der Waals surface area contributed by atoms with Crippen molar-refractivity contribution >= 4 is 38.6 Å². The normalized spacial score (nSPS) is 17.0. The molecule has 1 aliphatic rings. The first kappa shape index (κ1) is 19.7. The summed E-state index contributed by atoms with van der Waals surface area (Å²) in [7, 11) is 1.62. The molecule has 0 radical (unpaired) electrons. The van der Waals surface area contributed by atoms with E-state index in [1.807, 2.05) is 30.3 Å². The number of amides is 1. The Balaban J connectivity index is 1.82. The molecule has 3 rings (SSSR count). The number of ether oxygens (including phenoxy) is 2. The van der Waals surface area contributed by atoms with E-state index >= 15 is 0 Å². The summed E-state index contributed by atoms with van der Waals surface area (Å²) >= 11 is 3.49. The Labute approximate surface area is 167 Å². The van der Waals surface area contributed by atoms with Gasteiger partial charge < -0.3 is 14.4 Å². The molecule has 1 saturated heterocycles. The lowest BCUT2D eigenvalue weighted by Crippen LogP contribution is -2.43. The van der Waals surface area contributed by atoms with Crippen molar-refractivity contribution < 1.29 is 19.1 Å². The zero-order chi connectivity index (χ0) is 19.4. The number of fused-ring (bicyclic) bond motifs is 1. The zero-order valence-electron chi connectivity index (χ0n) is 15.7. The SMILES string of the molecule is CCOC(=O)C1CCCN(C(=O)Cc2c(OC)ccc3cc(Br)ccc23)C1. The third-order valence-corrected chi connectivity index (χ3v) is 5.49. The van der Waals surface area contributed by atoms with Crippen LogP contribution in [0.3, 0.4) is 0 Å². The minimum Gasteiger partial charge on any atom is -0.496 e. The van der Waals surface area contributed by atoms with E-state index in [1.54, 1.807) is 18.9 Å². The molecular weight excluding hydrogens is 410 g/mol. The van der Waals surface area contributed by atoms with Gasteiger partial charge in [0.15, 0.2) is 0 Å². The van der Waals surface area contributed by atoms with Gasteiger partial charge in [0.1, 0.15) is 5.75 Å². The highest BCUT2D eigenvalue weighted by molar-refractivity contribution is 9.10. The molecule has 2 aromatic carbocycles. The number of hydrogen-bond acceptors (Lipinski definition) is 4. The first-order valence-electron chi connectivity index (χ1n) is 9.23. The minimum atomic E-state index is -0.229. The van der Waals surface area contributed by atoms with Gasteiger partial charge in [-0.3, -0.25) is 9.59 Å². The van der Waals surface area contributed by atoms with E-state index in [9.17, 15) is 9.59 Å². The number of nitrogens with zero attached hydrogens (tertiary/aromatic N) is 1. The second-order valence-electron chi connectivity index (χ2n) is 6.72. The topological polar surface area (TPSA) is 55.8 Å². The van der Waals surface area contributed by atoms with Crippen molar-refractivity contribution in [2.24, 2.45) is 5.92 Å². The molecule has 0 aromatic heterocycles. The van der Waals surface area contributed by atoms with Gasteiger partial charge in [-0.25, -0.2) is 0 Å². The summed E-state index contributed by atoms with van der Waals surface area (Å²) in [4.78, 5) is 26.8. The van der Waals surface area contributed by atoms with Crippen LogP contribution < -0.4 is 4.74 Å². The molecule has 2 aromatic rings. The molecule has 0 bridgehead atoms. The number of piperidine rings is 1. The summed E-state index contributed by atoms with van der Waals surface area (Å²) in [6.07, 6.45) is 1.83. The number of esters is 1. The lowest BCUT2D eigenvalue weighted by molar-refractivity contribution is -0.151. The molecule has 1 aliphatic heterocycles. The fourth-order valence-corrected chi connectivity index (χ4v) is 4.02. The van der Waals surface area contributed by atoms with Gasteiger partial charge in [0.2, 0.25) is 5.91 Å². The first-order chi connectivity index (χ1) is 13.0. The summed E-state index contributed by atoms with van der Waals surface area (Å²) in [6, 6.07) is 9.88. The summed E-state index contributed by atoms with van der Waals surface area (Å²) in [5, 5.41) is 2.06. The molecule has 6 heteroatoms. The fourth-order valence-electron chi connectivity index (χ4n) is 3.64. The summed E-state index contributed by atoms with van der Waals surface area (Å²) in [5.74, 6) is 0.283. The summed E-state index contributed by atoms with van der Waals surface area (Å²) in [6.45, 7) is 3.27. The van der Waals surface area contributed by atoms with Crippen molar-refractivity contribution in [3.05, 3.63) is 40.4 Å². The zero-order valence-corrected chi connectivity index (χ0v) is 17.3. The molecule has 0 saturated carbocycles. The van der Waals surface area contributed by atoms with Crippen molar-refractivity contribution in [1.82, 2.24) is 4.90 Å². The second kappa shape index (κ2) is 8.74. The van der Waals surface area contributed by atoms with Crippen LogP contribution in [0.2, 0.25) is 0 Å². The van der Waals surface area contributed by atoms with Gasteiger partial charge in [0.05, 0.1) is 26.1 Å². The van der Waals surface area contributed by atoms with E-state index in [1.165, 1.54) is 0 Å². The number of hydrogen-bond donors (Lipinski definition) is 0. The molecule has 1 atom stereocenters. The second-order valence-corrected chi connectivity index (χ2v) is 7.64. The number of rotatable bonds is 5. The van der Waals surface area contributed by atoms with Crippen LogP contribution in [-0.4, -0.2) is 43.6 Å². The molecule has 5 nitrogen and oxygen atoms in total. The van der Waals surface area contributed by atoms with E-state index in [-0.39, 0.29) is 24.2 Å². The third kappa shape index (κ3) is 4.43. The predicted molar refractivity (Wildman–Crippen MR) is 108 cm³/mol. The van der Waals surface area contributed by atoms with Crippen LogP contribution in [0.1, 0.15) is 25.3 Å². The first-order valence-corrected chi connectivity index (χ1v) is 10.0. The minimum absolute atomic E-state index is 0.0118.